The molecule has 0 amide bonds. The van der Waals surface area contributed by atoms with Gasteiger partial charge in [0.1, 0.15) is 0 Å². The van der Waals surface area contributed by atoms with Gasteiger partial charge in [0, 0.05) is 6.54 Å². The van der Waals surface area contributed by atoms with Crippen molar-refractivity contribution in [1.82, 2.24) is 32.9 Å². The molecule has 0 heterocycles. The summed E-state index contributed by atoms with van der Waals surface area (Å²) >= 11 is 0. The molecule has 0 radical (unpaired) electrons. The molecule has 0 aromatic rings. The van der Waals surface area contributed by atoms with Gasteiger partial charge in [0.2, 0.25) is 7.41 Å². The lowest BCUT2D eigenvalue weighted by molar-refractivity contribution is 0.321. The maximum Gasteiger partial charge on any atom is 0.217 e. The van der Waals surface area contributed by atoms with Gasteiger partial charge in [-0.1, -0.05) is 13.7 Å². The average molecular weight is 146 g/mol. The van der Waals surface area contributed by atoms with Gasteiger partial charge >= 0.3 is 0 Å². The Morgan fingerprint density at radius 3 is 2.40 bits per heavy atom. The van der Waals surface area contributed by atoms with Crippen LogP contribution in [-0.2, 0) is 0 Å². The van der Waals surface area contributed by atoms with E-state index in [0.29, 0.717) is 0 Å². The van der Waals surface area contributed by atoms with Gasteiger partial charge < -0.3 is 0 Å². The SMILES string of the molecule is CBNNNNNNCC. The highest BCUT2D eigenvalue weighted by Gasteiger charge is 1.78. The number of hydrogen-bond donors (Lipinski definition) is 6. The summed E-state index contributed by atoms with van der Waals surface area (Å²) in [5, 5.41) is 2.83. The molecule has 0 aromatic carbocycles. The van der Waals surface area contributed by atoms with Crippen molar-refractivity contribution in [1.29, 1.82) is 0 Å². The molecular weight excluding hydrogens is 131 g/mol. The van der Waals surface area contributed by atoms with Crippen molar-refractivity contribution in [2.24, 2.45) is 0 Å². The first-order chi connectivity index (χ1) is 4.91. The molecule has 60 valence electrons. The Morgan fingerprint density at radius 2 is 1.80 bits per heavy atom. The molecule has 0 aliphatic rings. The highest BCUT2D eigenvalue weighted by atomic mass is 15.8. The van der Waals surface area contributed by atoms with Crippen LogP contribution in [0.5, 0.6) is 0 Å². The largest absolute Gasteiger partial charge is 0.287 e. The van der Waals surface area contributed by atoms with E-state index in [1.54, 1.807) is 0 Å². The molecule has 6 N–H and O–H groups in total. The molecule has 10 heavy (non-hydrogen) atoms. The molecular formula is C3H15BN6. The number of nitrogens with one attached hydrogen (secondary N) is 6. The van der Waals surface area contributed by atoms with Crippen molar-refractivity contribution < 1.29 is 0 Å². The molecule has 0 unspecified atom stereocenters. The van der Waals surface area contributed by atoms with Crippen LogP contribution in [0.25, 0.3) is 0 Å². The molecule has 6 nitrogen and oxygen atoms in total. The minimum absolute atomic E-state index is 0.857. The first-order valence-electron chi connectivity index (χ1n) is 3.37. The molecule has 0 atom stereocenters. The number of hydrazine groups is 5. The zero-order valence-electron chi connectivity index (χ0n) is 6.41. The maximum atomic E-state index is 2.83. The van der Waals surface area contributed by atoms with Gasteiger partial charge in [-0.2, -0.15) is 22.1 Å². The van der Waals surface area contributed by atoms with Crippen molar-refractivity contribution >= 4 is 7.41 Å². The van der Waals surface area contributed by atoms with Gasteiger partial charge in [-0.3, -0.25) is 5.34 Å². The molecule has 0 bridgehead atoms. The third-order valence-corrected chi connectivity index (χ3v) is 0.718. The lowest BCUT2D eigenvalue weighted by Gasteiger charge is -2.08. The predicted octanol–water partition coefficient (Wildman–Crippen LogP) is -2.48. The number of rotatable bonds is 7. The number of hydrogen-bond acceptors (Lipinski definition) is 6. The van der Waals surface area contributed by atoms with Gasteiger partial charge in [-0.15, -0.1) is 0 Å². The van der Waals surface area contributed by atoms with Crippen LogP contribution in [0.1, 0.15) is 6.92 Å². The van der Waals surface area contributed by atoms with E-state index in [1.165, 1.54) is 0 Å². The van der Waals surface area contributed by atoms with Gasteiger partial charge in [-0.25, -0.2) is 5.43 Å². The van der Waals surface area contributed by atoms with Crippen LogP contribution in [-0.4, -0.2) is 14.0 Å². The minimum Gasteiger partial charge on any atom is -0.287 e. The van der Waals surface area contributed by atoms with Gasteiger partial charge in [0.05, 0.1) is 0 Å². The zero-order valence-corrected chi connectivity index (χ0v) is 6.41. The van der Waals surface area contributed by atoms with Crippen LogP contribution >= 0.6 is 0 Å². The van der Waals surface area contributed by atoms with Crippen molar-refractivity contribution in [3.63, 3.8) is 0 Å². The maximum absolute atomic E-state index is 2.83. The summed E-state index contributed by atoms with van der Waals surface area (Å²) in [6.45, 7) is 4.84. The standard InChI is InChI=1S/C3H15BN6/c1-3-5-7-9-10-8-6-4-2/h4-10H,3H2,1-2H3. The highest BCUT2D eigenvalue weighted by molar-refractivity contribution is 6.29. The first kappa shape index (κ1) is 9.82. The van der Waals surface area contributed by atoms with E-state index in [2.05, 4.69) is 32.9 Å². The quantitative estimate of drug-likeness (QED) is 0.136. The second-order valence-electron chi connectivity index (χ2n) is 1.56. The molecule has 0 fully saturated rings. The molecule has 0 aliphatic carbocycles. The Hall–Kier alpha value is -0.175. The summed E-state index contributed by atoms with van der Waals surface area (Å²) in [7, 11) is 0.857. The van der Waals surface area contributed by atoms with Crippen molar-refractivity contribution in [2.75, 3.05) is 6.54 Å². The van der Waals surface area contributed by atoms with Crippen LogP contribution in [0.2, 0.25) is 6.82 Å². The predicted molar refractivity (Wildman–Crippen MR) is 42.4 cm³/mol. The Balaban J connectivity index is 2.65. The summed E-state index contributed by atoms with van der Waals surface area (Å²) in [4.78, 5) is 0. The molecule has 0 saturated carbocycles. The van der Waals surface area contributed by atoms with Crippen molar-refractivity contribution in [2.45, 2.75) is 13.7 Å². The fourth-order valence-corrected chi connectivity index (χ4v) is 0.328. The fourth-order valence-electron chi connectivity index (χ4n) is 0.328. The van der Waals surface area contributed by atoms with Crippen LogP contribution in [0.4, 0.5) is 0 Å². The Morgan fingerprint density at radius 1 is 1.10 bits per heavy atom. The average Bonchev–Trinajstić information content (AvgIpc) is 1.97. The summed E-state index contributed by atoms with van der Waals surface area (Å²) in [5.41, 5.74) is 13.5. The monoisotopic (exact) mass is 146 g/mol. The Labute approximate surface area is 61.6 Å². The first-order valence-corrected chi connectivity index (χ1v) is 3.37. The van der Waals surface area contributed by atoms with E-state index in [4.69, 9.17) is 0 Å². The van der Waals surface area contributed by atoms with Gasteiger partial charge in [0.25, 0.3) is 0 Å². The third-order valence-electron chi connectivity index (χ3n) is 0.718. The molecule has 0 saturated heterocycles. The third kappa shape index (κ3) is 7.82. The van der Waals surface area contributed by atoms with Crippen LogP contribution in [0, 0.1) is 0 Å². The van der Waals surface area contributed by atoms with Crippen molar-refractivity contribution in [3.05, 3.63) is 0 Å². The zero-order chi connectivity index (χ0) is 7.66. The van der Waals surface area contributed by atoms with E-state index in [0.717, 1.165) is 14.0 Å². The Bertz CT molecular complexity index is 53.0. The fraction of sp³-hybridized carbons (Fsp3) is 1.00. The summed E-state index contributed by atoms with van der Waals surface area (Å²) < 4.78 is 0. The summed E-state index contributed by atoms with van der Waals surface area (Å²) in [6, 6.07) is 0. The second kappa shape index (κ2) is 8.82. The lowest BCUT2D eigenvalue weighted by atomic mass is 10.0. The summed E-state index contributed by atoms with van der Waals surface area (Å²) in [5.74, 6) is 0. The lowest BCUT2D eigenvalue weighted by Crippen LogP contribution is -2.59. The molecule has 0 spiro atoms. The van der Waals surface area contributed by atoms with Crippen LogP contribution < -0.4 is 32.9 Å². The molecule has 7 heteroatoms. The van der Waals surface area contributed by atoms with Gasteiger partial charge in [-0.05, 0) is 0 Å². The Kier molecular flexibility index (Phi) is 8.67. The van der Waals surface area contributed by atoms with Crippen LogP contribution in [0.15, 0.2) is 0 Å². The highest BCUT2D eigenvalue weighted by Crippen LogP contribution is 1.38. The van der Waals surface area contributed by atoms with E-state index < -0.39 is 0 Å². The summed E-state index contributed by atoms with van der Waals surface area (Å²) in [6.07, 6.45) is 0. The molecule has 0 aromatic heterocycles. The topological polar surface area (TPSA) is 72.2 Å². The smallest absolute Gasteiger partial charge is 0.217 e. The van der Waals surface area contributed by atoms with Crippen LogP contribution in [0.3, 0.4) is 0 Å². The normalized spacial score (nSPS) is 9.80. The minimum atomic E-state index is 0.857. The second-order valence-corrected chi connectivity index (χ2v) is 1.56. The van der Waals surface area contributed by atoms with E-state index in [9.17, 15) is 0 Å². The van der Waals surface area contributed by atoms with E-state index in [1.807, 2.05) is 13.7 Å². The van der Waals surface area contributed by atoms with Gasteiger partial charge in [0.15, 0.2) is 0 Å². The molecule has 0 aliphatic heterocycles. The van der Waals surface area contributed by atoms with Crippen molar-refractivity contribution in [3.8, 4) is 0 Å². The van der Waals surface area contributed by atoms with E-state index in [-0.39, 0.29) is 0 Å². The molecule has 0 rings (SSSR count). The van der Waals surface area contributed by atoms with E-state index >= 15 is 0 Å².